The van der Waals surface area contributed by atoms with Crippen LogP contribution in [0, 0.1) is 6.92 Å². The van der Waals surface area contributed by atoms with E-state index in [4.69, 9.17) is 13.9 Å². The van der Waals surface area contributed by atoms with Gasteiger partial charge in [0.05, 0.1) is 19.0 Å². The SMILES string of the molecule is Cc1c(C(=O)OCCOC(C)C)[nH]c2c1C(=O)C[C@@H](c1ccco1)C2. The average molecular weight is 345 g/mol. The minimum absolute atomic E-state index is 0.00337. The first kappa shape index (κ1) is 17.5. The number of ketones is 1. The van der Waals surface area contributed by atoms with Crippen molar-refractivity contribution in [3.63, 3.8) is 0 Å². The van der Waals surface area contributed by atoms with Gasteiger partial charge < -0.3 is 18.9 Å². The minimum Gasteiger partial charge on any atom is -0.469 e. The van der Waals surface area contributed by atoms with Crippen LogP contribution in [-0.4, -0.2) is 36.1 Å². The predicted octanol–water partition coefficient (Wildman–Crippen LogP) is 3.41. The van der Waals surface area contributed by atoms with E-state index in [1.807, 2.05) is 26.0 Å². The Labute approximate surface area is 146 Å². The highest BCUT2D eigenvalue weighted by Gasteiger charge is 2.33. The predicted molar refractivity (Wildman–Crippen MR) is 91.0 cm³/mol. The van der Waals surface area contributed by atoms with Crippen LogP contribution < -0.4 is 0 Å². The van der Waals surface area contributed by atoms with Gasteiger partial charge in [-0.25, -0.2) is 4.79 Å². The Bertz CT molecular complexity index is 757. The summed E-state index contributed by atoms with van der Waals surface area (Å²) in [5.74, 6) is 0.359. The molecule has 2 heterocycles. The summed E-state index contributed by atoms with van der Waals surface area (Å²) in [7, 11) is 0. The molecular formula is C19H23NO5. The Morgan fingerprint density at radius 1 is 1.36 bits per heavy atom. The van der Waals surface area contributed by atoms with E-state index in [1.54, 1.807) is 13.2 Å². The highest BCUT2D eigenvalue weighted by atomic mass is 16.6. The molecule has 0 spiro atoms. The van der Waals surface area contributed by atoms with Gasteiger partial charge in [-0.15, -0.1) is 0 Å². The summed E-state index contributed by atoms with van der Waals surface area (Å²) in [5, 5.41) is 0. The molecular weight excluding hydrogens is 322 g/mol. The molecule has 0 saturated heterocycles. The number of hydrogen-bond donors (Lipinski definition) is 1. The van der Waals surface area contributed by atoms with Gasteiger partial charge in [0.15, 0.2) is 5.78 Å². The van der Waals surface area contributed by atoms with Crippen molar-refractivity contribution in [1.82, 2.24) is 4.98 Å². The van der Waals surface area contributed by atoms with Gasteiger partial charge in [0, 0.05) is 23.6 Å². The fourth-order valence-electron chi connectivity index (χ4n) is 3.25. The first-order valence-electron chi connectivity index (χ1n) is 8.54. The monoisotopic (exact) mass is 345 g/mol. The van der Waals surface area contributed by atoms with Gasteiger partial charge in [0.1, 0.15) is 18.1 Å². The van der Waals surface area contributed by atoms with Gasteiger partial charge in [0.2, 0.25) is 0 Å². The van der Waals surface area contributed by atoms with Crippen LogP contribution in [0.25, 0.3) is 0 Å². The van der Waals surface area contributed by atoms with E-state index in [2.05, 4.69) is 4.98 Å². The molecule has 25 heavy (non-hydrogen) atoms. The number of esters is 1. The number of Topliss-reactive ketones (excluding diaryl/α,β-unsaturated/α-hetero) is 1. The van der Waals surface area contributed by atoms with Crippen LogP contribution in [0.3, 0.4) is 0 Å². The Kier molecular flexibility index (Phi) is 5.08. The molecule has 0 radical (unpaired) electrons. The van der Waals surface area contributed by atoms with Crippen LogP contribution in [0.2, 0.25) is 0 Å². The molecule has 6 nitrogen and oxygen atoms in total. The molecule has 1 N–H and O–H groups in total. The summed E-state index contributed by atoms with van der Waals surface area (Å²) in [6.07, 6.45) is 2.72. The molecule has 3 rings (SSSR count). The Hall–Kier alpha value is -2.34. The Balaban J connectivity index is 1.73. The summed E-state index contributed by atoms with van der Waals surface area (Å²) in [4.78, 5) is 28.0. The fraction of sp³-hybridized carbons (Fsp3) is 0.474. The maximum absolute atomic E-state index is 12.5. The molecule has 2 aromatic rings. The number of aromatic nitrogens is 1. The quantitative estimate of drug-likeness (QED) is 0.641. The van der Waals surface area contributed by atoms with Gasteiger partial charge >= 0.3 is 5.97 Å². The molecule has 0 fully saturated rings. The second-order valence-electron chi connectivity index (χ2n) is 6.58. The topological polar surface area (TPSA) is 81.5 Å². The largest absolute Gasteiger partial charge is 0.469 e. The number of rotatable bonds is 6. The van der Waals surface area contributed by atoms with Crippen LogP contribution in [0.15, 0.2) is 22.8 Å². The lowest BCUT2D eigenvalue weighted by Gasteiger charge is -2.19. The van der Waals surface area contributed by atoms with Crippen LogP contribution in [0.4, 0.5) is 0 Å². The molecule has 0 unspecified atom stereocenters. The normalized spacial score (nSPS) is 17.0. The van der Waals surface area contributed by atoms with Crippen LogP contribution in [0.5, 0.6) is 0 Å². The van der Waals surface area contributed by atoms with Crippen molar-refractivity contribution in [3.05, 3.63) is 46.7 Å². The number of aromatic amines is 1. The summed E-state index contributed by atoms with van der Waals surface area (Å²) in [6.45, 7) is 6.16. The van der Waals surface area contributed by atoms with Crippen molar-refractivity contribution >= 4 is 11.8 Å². The Morgan fingerprint density at radius 3 is 2.84 bits per heavy atom. The molecule has 0 aromatic carbocycles. The lowest BCUT2D eigenvalue weighted by Crippen LogP contribution is -2.18. The van der Waals surface area contributed by atoms with Gasteiger partial charge in [0.25, 0.3) is 0 Å². The first-order chi connectivity index (χ1) is 12.0. The van der Waals surface area contributed by atoms with Crippen LogP contribution in [0.1, 0.15) is 64.1 Å². The number of furan rings is 1. The maximum atomic E-state index is 12.5. The van der Waals surface area contributed by atoms with Crippen molar-refractivity contribution in [2.24, 2.45) is 0 Å². The van der Waals surface area contributed by atoms with Crippen LogP contribution >= 0.6 is 0 Å². The van der Waals surface area contributed by atoms with Crippen LogP contribution in [-0.2, 0) is 15.9 Å². The van der Waals surface area contributed by atoms with E-state index in [0.29, 0.717) is 36.3 Å². The summed E-state index contributed by atoms with van der Waals surface area (Å²) < 4.78 is 16.0. The number of fused-ring (bicyclic) bond motifs is 1. The van der Waals surface area contributed by atoms with Gasteiger partial charge in [-0.05, 0) is 44.9 Å². The second kappa shape index (κ2) is 7.27. The number of ether oxygens (including phenoxy) is 2. The average Bonchev–Trinajstić information content (AvgIpc) is 3.19. The molecule has 1 aliphatic carbocycles. The van der Waals surface area contributed by atoms with E-state index >= 15 is 0 Å². The third kappa shape index (κ3) is 3.69. The third-order valence-corrected chi connectivity index (χ3v) is 4.41. The maximum Gasteiger partial charge on any atom is 0.355 e. The number of nitrogens with one attached hydrogen (secondary N) is 1. The van der Waals surface area contributed by atoms with E-state index in [0.717, 1.165) is 11.5 Å². The molecule has 1 aliphatic rings. The van der Waals surface area contributed by atoms with E-state index < -0.39 is 5.97 Å². The molecule has 134 valence electrons. The lowest BCUT2D eigenvalue weighted by atomic mass is 9.84. The highest BCUT2D eigenvalue weighted by Crippen LogP contribution is 2.35. The minimum atomic E-state index is -0.457. The molecule has 6 heteroatoms. The number of hydrogen-bond acceptors (Lipinski definition) is 5. The lowest BCUT2D eigenvalue weighted by molar-refractivity contribution is 0.0172. The van der Waals surface area contributed by atoms with E-state index in [9.17, 15) is 9.59 Å². The smallest absolute Gasteiger partial charge is 0.355 e. The first-order valence-corrected chi connectivity index (χ1v) is 8.54. The zero-order valence-corrected chi connectivity index (χ0v) is 14.8. The summed E-state index contributed by atoms with van der Waals surface area (Å²) in [6, 6.07) is 3.69. The third-order valence-electron chi connectivity index (χ3n) is 4.41. The zero-order chi connectivity index (χ0) is 18.0. The standard InChI is InChI=1S/C19H23NO5/c1-11(2)23-7-8-25-19(22)18-12(3)17-14(20-18)9-13(10-15(17)21)16-5-4-6-24-16/h4-6,11,13,20H,7-10H2,1-3H3/t13-/m0/s1. The molecule has 2 aromatic heterocycles. The number of H-pyrrole nitrogens is 1. The summed E-state index contributed by atoms with van der Waals surface area (Å²) >= 11 is 0. The van der Waals surface area contributed by atoms with Gasteiger partial charge in [-0.1, -0.05) is 0 Å². The van der Waals surface area contributed by atoms with Gasteiger partial charge in [-0.3, -0.25) is 4.79 Å². The number of carbonyl (C=O) groups is 2. The molecule has 0 amide bonds. The van der Waals surface area contributed by atoms with Crippen molar-refractivity contribution in [2.75, 3.05) is 13.2 Å². The van der Waals surface area contributed by atoms with Crippen molar-refractivity contribution in [3.8, 4) is 0 Å². The highest BCUT2D eigenvalue weighted by molar-refractivity contribution is 6.03. The van der Waals surface area contributed by atoms with Crippen molar-refractivity contribution < 1.29 is 23.5 Å². The molecule has 0 aliphatic heterocycles. The zero-order valence-electron chi connectivity index (χ0n) is 14.8. The molecule has 0 saturated carbocycles. The van der Waals surface area contributed by atoms with E-state index in [-0.39, 0.29) is 24.4 Å². The molecule has 1 atom stereocenters. The second-order valence-corrected chi connectivity index (χ2v) is 6.58. The fourth-order valence-corrected chi connectivity index (χ4v) is 3.25. The Morgan fingerprint density at radius 2 is 2.16 bits per heavy atom. The summed E-state index contributed by atoms with van der Waals surface area (Å²) in [5.41, 5.74) is 2.41. The molecule has 0 bridgehead atoms. The van der Waals surface area contributed by atoms with Crippen molar-refractivity contribution in [1.29, 1.82) is 0 Å². The van der Waals surface area contributed by atoms with E-state index in [1.165, 1.54) is 0 Å². The van der Waals surface area contributed by atoms with Gasteiger partial charge in [-0.2, -0.15) is 0 Å². The van der Waals surface area contributed by atoms with Crippen molar-refractivity contribution in [2.45, 2.75) is 45.6 Å². The number of carbonyl (C=O) groups excluding carboxylic acids is 2.